The normalized spacial score (nSPS) is 17.4. The minimum Gasteiger partial charge on any atom is -0.480 e. The van der Waals surface area contributed by atoms with Crippen LogP contribution in [0.25, 0.3) is 0 Å². The Hall–Kier alpha value is -2.03. The SMILES string of the molecule is CC(C)(C)OC(=O)NC(CN1CCN(C(=O)OC(C)(C)C)CC1)C(=O)O. The summed E-state index contributed by atoms with van der Waals surface area (Å²) in [5, 5.41) is 11.7. The molecule has 1 aliphatic rings. The van der Waals surface area contributed by atoms with Gasteiger partial charge in [-0.05, 0) is 41.5 Å². The van der Waals surface area contributed by atoms with Crippen LogP contribution in [-0.4, -0.2) is 83.0 Å². The van der Waals surface area contributed by atoms with Crippen LogP contribution in [0.3, 0.4) is 0 Å². The number of carboxylic acids is 1. The van der Waals surface area contributed by atoms with Crippen molar-refractivity contribution in [3.8, 4) is 0 Å². The summed E-state index contributed by atoms with van der Waals surface area (Å²) in [5.74, 6) is -1.13. The molecule has 1 saturated heterocycles. The number of hydrogen-bond donors (Lipinski definition) is 2. The van der Waals surface area contributed by atoms with E-state index in [0.29, 0.717) is 26.2 Å². The molecule has 1 atom stereocenters. The lowest BCUT2D eigenvalue weighted by Gasteiger charge is -2.36. The Bertz CT molecular complexity index is 516. The molecule has 0 spiro atoms. The Morgan fingerprint density at radius 3 is 1.88 bits per heavy atom. The van der Waals surface area contributed by atoms with Gasteiger partial charge in [-0.1, -0.05) is 0 Å². The average Bonchev–Trinajstić information content (AvgIpc) is 2.43. The van der Waals surface area contributed by atoms with Crippen LogP contribution < -0.4 is 5.32 Å². The highest BCUT2D eigenvalue weighted by Gasteiger charge is 2.30. The molecule has 1 fully saturated rings. The van der Waals surface area contributed by atoms with Crippen molar-refractivity contribution in [3.05, 3.63) is 0 Å². The number of carbonyl (C=O) groups excluding carboxylic acids is 2. The van der Waals surface area contributed by atoms with Gasteiger partial charge in [0, 0.05) is 32.7 Å². The van der Waals surface area contributed by atoms with Crippen molar-refractivity contribution >= 4 is 18.2 Å². The number of nitrogens with zero attached hydrogens (tertiary/aromatic N) is 2. The zero-order valence-electron chi connectivity index (χ0n) is 16.5. The van der Waals surface area contributed by atoms with Crippen LogP contribution >= 0.6 is 0 Å². The summed E-state index contributed by atoms with van der Waals surface area (Å²) < 4.78 is 10.4. The number of carboxylic acid groups (broad SMARTS) is 1. The molecule has 2 amide bonds. The van der Waals surface area contributed by atoms with Gasteiger partial charge < -0.3 is 24.8 Å². The largest absolute Gasteiger partial charge is 0.480 e. The molecule has 9 nitrogen and oxygen atoms in total. The Balaban J connectivity index is 2.51. The van der Waals surface area contributed by atoms with Crippen molar-refractivity contribution in [2.24, 2.45) is 0 Å². The number of hydrogen-bond acceptors (Lipinski definition) is 6. The van der Waals surface area contributed by atoms with Gasteiger partial charge in [-0.25, -0.2) is 14.4 Å². The van der Waals surface area contributed by atoms with Crippen LogP contribution in [0.4, 0.5) is 9.59 Å². The van der Waals surface area contributed by atoms with Gasteiger partial charge in [0.05, 0.1) is 0 Å². The van der Waals surface area contributed by atoms with Crippen LogP contribution in [0.15, 0.2) is 0 Å². The standard InChI is InChI=1S/C17H31N3O6/c1-16(2,3)25-14(23)18-12(13(21)22)11-19-7-9-20(10-8-19)15(24)26-17(4,5)6/h12H,7-11H2,1-6H3,(H,18,23)(H,21,22). The van der Waals surface area contributed by atoms with Gasteiger partial charge >= 0.3 is 18.2 Å². The molecule has 0 saturated carbocycles. The second-order valence-corrected chi connectivity index (χ2v) is 8.31. The first kappa shape index (κ1) is 22.0. The molecule has 1 rings (SSSR count). The number of alkyl carbamates (subject to hydrolysis) is 1. The molecule has 0 aromatic carbocycles. The monoisotopic (exact) mass is 373 g/mol. The zero-order valence-corrected chi connectivity index (χ0v) is 16.5. The highest BCUT2D eigenvalue weighted by Crippen LogP contribution is 2.12. The first-order valence-electron chi connectivity index (χ1n) is 8.69. The van der Waals surface area contributed by atoms with Crippen molar-refractivity contribution in [1.29, 1.82) is 0 Å². The third-order valence-corrected chi connectivity index (χ3v) is 3.45. The molecule has 9 heteroatoms. The first-order chi connectivity index (χ1) is 11.8. The highest BCUT2D eigenvalue weighted by atomic mass is 16.6. The lowest BCUT2D eigenvalue weighted by atomic mass is 10.2. The zero-order chi connectivity index (χ0) is 20.1. The van der Waals surface area contributed by atoms with Crippen LogP contribution in [0.1, 0.15) is 41.5 Å². The summed E-state index contributed by atoms with van der Waals surface area (Å²) in [6.07, 6.45) is -1.14. The molecule has 0 aromatic rings. The number of nitrogens with one attached hydrogen (secondary N) is 1. The molecule has 1 unspecified atom stereocenters. The van der Waals surface area contributed by atoms with Gasteiger partial charge in [0.25, 0.3) is 0 Å². The van der Waals surface area contributed by atoms with Crippen molar-refractivity contribution in [3.63, 3.8) is 0 Å². The minimum atomic E-state index is -1.13. The number of aliphatic carboxylic acids is 1. The second kappa shape index (κ2) is 8.57. The van der Waals surface area contributed by atoms with Crippen molar-refractivity contribution in [2.45, 2.75) is 58.8 Å². The maximum absolute atomic E-state index is 12.0. The Morgan fingerprint density at radius 2 is 1.46 bits per heavy atom. The Morgan fingerprint density at radius 1 is 0.962 bits per heavy atom. The lowest BCUT2D eigenvalue weighted by molar-refractivity contribution is -0.140. The maximum atomic E-state index is 12.0. The van der Waals surface area contributed by atoms with E-state index in [-0.39, 0.29) is 12.6 Å². The fourth-order valence-electron chi connectivity index (χ4n) is 2.33. The topological polar surface area (TPSA) is 108 Å². The molecule has 2 N–H and O–H groups in total. The van der Waals surface area contributed by atoms with E-state index >= 15 is 0 Å². The summed E-state index contributed by atoms with van der Waals surface area (Å²) in [4.78, 5) is 38.8. The van der Waals surface area contributed by atoms with Crippen LogP contribution in [0.2, 0.25) is 0 Å². The van der Waals surface area contributed by atoms with Crippen molar-refractivity contribution in [1.82, 2.24) is 15.1 Å². The van der Waals surface area contributed by atoms with Crippen LogP contribution in [-0.2, 0) is 14.3 Å². The van der Waals surface area contributed by atoms with E-state index in [1.807, 2.05) is 4.90 Å². The smallest absolute Gasteiger partial charge is 0.410 e. The van der Waals surface area contributed by atoms with E-state index in [9.17, 15) is 19.5 Å². The number of piperazine rings is 1. The summed E-state index contributed by atoms with van der Waals surface area (Å²) in [5.41, 5.74) is -1.26. The van der Waals surface area contributed by atoms with E-state index < -0.39 is 29.3 Å². The average molecular weight is 373 g/mol. The summed E-state index contributed by atoms with van der Waals surface area (Å²) >= 11 is 0. The van der Waals surface area contributed by atoms with E-state index in [1.54, 1.807) is 46.4 Å². The van der Waals surface area contributed by atoms with Crippen LogP contribution in [0.5, 0.6) is 0 Å². The van der Waals surface area contributed by atoms with Crippen LogP contribution in [0, 0.1) is 0 Å². The fraction of sp³-hybridized carbons (Fsp3) is 0.824. The molecular formula is C17H31N3O6. The van der Waals surface area contributed by atoms with E-state index in [0.717, 1.165) is 0 Å². The third-order valence-electron chi connectivity index (χ3n) is 3.45. The van der Waals surface area contributed by atoms with Gasteiger partial charge in [-0.3, -0.25) is 4.90 Å². The maximum Gasteiger partial charge on any atom is 0.410 e. The number of carbonyl (C=O) groups is 3. The predicted molar refractivity (Wildman–Crippen MR) is 95.0 cm³/mol. The summed E-state index contributed by atoms with van der Waals surface area (Å²) in [7, 11) is 0. The number of rotatable bonds is 4. The van der Waals surface area contributed by atoms with Crippen molar-refractivity contribution in [2.75, 3.05) is 32.7 Å². The van der Waals surface area contributed by atoms with Gasteiger partial charge in [-0.2, -0.15) is 0 Å². The quantitative estimate of drug-likeness (QED) is 0.769. The molecule has 0 aromatic heterocycles. The molecule has 0 bridgehead atoms. The second-order valence-electron chi connectivity index (χ2n) is 8.31. The summed E-state index contributed by atoms with van der Waals surface area (Å²) in [6, 6.07) is -1.09. The number of ether oxygens (including phenoxy) is 2. The Labute approximate surface area is 154 Å². The predicted octanol–water partition coefficient (Wildman–Crippen LogP) is 1.52. The minimum absolute atomic E-state index is 0.136. The molecule has 150 valence electrons. The van der Waals surface area contributed by atoms with Gasteiger partial charge in [0.15, 0.2) is 0 Å². The molecule has 26 heavy (non-hydrogen) atoms. The van der Waals surface area contributed by atoms with Gasteiger partial charge in [0.2, 0.25) is 0 Å². The Kier molecular flexibility index (Phi) is 7.25. The molecule has 1 heterocycles. The number of amides is 2. The summed E-state index contributed by atoms with van der Waals surface area (Å²) in [6.45, 7) is 12.5. The van der Waals surface area contributed by atoms with Crippen molar-refractivity contribution < 1.29 is 29.0 Å². The van der Waals surface area contributed by atoms with Gasteiger partial charge in [0.1, 0.15) is 17.2 Å². The fourth-order valence-corrected chi connectivity index (χ4v) is 2.33. The molecule has 0 aliphatic carbocycles. The molecule has 0 radical (unpaired) electrons. The van der Waals surface area contributed by atoms with E-state index in [2.05, 4.69) is 5.32 Å². The van der Waals surface area contributed by atoms with Gasteiger partial charge in [-0.15, -0.1) is 0 Å². The lowest BCUT2D eigenvalue weighted by Crippen LogP contribution is -2.55. The first-order valence-corrected chi connectivity index (χ1v) is 8.69. The third kappa shape index (κ3) is 8.37. The molecule has 1 aliphatic heterocycles. The highest BCUT2D eigenvalue weighted by molar-refractivity contribution is 5.80. The molecular weight excluding hydrogens is 342 g/mol. The van der Waals surface area contributed by atoms with E-state index in [1.165, 1.54) is 0 Å². The van der Waals surface area contributed by atoms with E-state index in [4.69, 9.17) is 9.47 Å².